The van der Waals surface area contributed by atoms with Crippen molar-refractivity contribution in [1.29, 1.82) is 0 Å². The van der Waals surface area contributed by atoms with Crippen LogP contribution in [0.15, 0.2) is 134 Å². The number of carbonyl (C=O) groups is 3. The minimum atomic E-state index is -5.04. The van der Waals surface area contributed by atoms with Gasteiger partial charge in [0.1, 0.15) is 68.0 Å². The maximum atomic E-state index is 14.2. The molecule has 1 saturated heterocycles. The van der Waals surface area contributed by atoms with E-state index in [0.717, 1.165) is 51.0 Å². The van der Waals surface area contributed by atoms with Crippen LogP contribution in [0.4, 0.5) is 11.4 Å². The quantitative estimate of drug-likeness (QED) is 0.00768. The molecule has 5 aromatic carbocycles. The molecule has 30 nitrogen and oxygen atoms in total. The van der Waals surface area contributed by atoms with E-state index < -0.39 is 59.2 Å². The van der Waals surface area contributed by atoms with Crippen molar-refractivity contribution in [3.8, 4) is 40.2 Å². The molecule has 103 heavy (non-hydrogen) atoms. The highest BCUT2D eigenvalue weighted by Crippen LogP contribution is 2.42. The highest BCUT2D eigenvalue weighted by molar-refractivity contribution is 7.82. The summed E-state index contributed by atoms with van der Waals surface area (Å²) >= 11 is 0. The lowest BCUT2D eigenvalue weighted by Gasteiger charge is -2.39. The van der Waals surface area contributed by atoms with Crippen molar-refractivity contribution in [2.45, 2.75) is 108 Å². The van der Waals surface area contributed by atoms with Gasteiger partial charge in [-0.25, -0.2) is 0 Å². The van der Waals surface area contributed by atoms with Crippen molar-refractivity contribution in [1.82, 2.24) is 9.80 Å². The number of amides is 2. The molecule has 4 N–H and O–H groups in total. The molecule has 1 fully saturated rings. The SMILES string of the molecule is COc1cc2c(cc1OCc1cc(COc3cc4c(cc3OC)C(=O)N3Cc5ccoc5C[C@H]3C=N4)cc(C[N+](C)(C)Cc3ccc(OS(=O)(=O)Oc4cc(C(=O)CCCOCCOCCOCCN=[N+]=[N-])ccc4OC4O[C@H](CO)[C@H](O)[C@H](O)[C@H]4O)cc3)c1)N=C[C@@H]1Cc3occc3CN1C2=O. The van der Waals surface area contributed by atoms with Gasteiger partial charge in [0.15, 0.2) is 40.3 Å². The van der Waals surface area contributed by atoms with E-state index in [1.165, 1.54) is 38.5 Å². The van der Waals surface area contributed by atoms with Crippen molar-refractivity contribution in [3.05, 3.63) is 182 Å². The van der Waals surface area contributed by atoms with E-state index in [-0.39, 0.29) is 100.0 Å². The second-order valence-corrected chi connectivity index (χ2v) is 26.9. The first-order valence-corrected chi connectivity index (χ1v) is 34.6. The number of Topliss-reactive ketones (excluding diaryl/α,β-unsaturated/α-hetero) is 1. The number of quaternary nitrogens is 1. The van der Waals surface area contributed by atoms with Crippen LogP contribution in [-0.2, 0) is 81.6 Å². The molecule has 7 atom stereocenters. The van der Waals surface area contributed by atoms with Gasteiger partial charge in [0.25, 0.3) is 11.8 Å². The first kappa shape index (κ1) is 72.9. The number of hydrogen-bond acceptors (Lipinski definition) is 25. The number of ether oxygens (including phenoxy) is 9. The van der Waals surface area contributed by atoms with Crippen molar-refractivity contribution in [3.63, 3.8) is 0 Å². The average Bonchev–Trinajstić information content (AvgIpc) is 1.70. The Balaban J connectivity index is 0.737. The summed E-state index contributed by atoms with van der Waals surface area (Å²) in [6.07, 6.45) is -0.547. The van der Waals surface area contributed by atoms with Gasteiger partial charge >= 0.3 is 10.4 Å². The molecule has 0 radical (unpaired) electrons. The van der Waals surface area contributed by atoms with E-state index in [4.69, 9.17) is 75.3 Å². The van der Waals surface area contributed by atoms with Crippen LogP contribution >= 0.6 is 0 Å². The van der Waals surface area contributed by atoms with E-state index in [9.17, 15) is 43.2 Å². The molecule has 5 aliphatic rings. The molecule has 7 heterocycles. The number of hydrogen-bond donors (Lipinski definition) is 4. The van der Waals surface area contributed by atoms with Gasteiger partial charge in [-0.1, -0.05) is 5.11 Å². The van der Waals surface area contributed by atoms with E-state index in [1.54, 1.807) is 71.2 Å². The highest BCUT2D eigenvalue weighted by atomic mass is 32.3. The molecule has 0 saturated carbocycles. The Morgan fingerprint density at radius 3 is 1.76 bits per heavy atom. The van der Waals surface area contributed by atoms with Gasteiger partial charge in [-0.05, 0) is 108 Å². The molecule has 544 valence electrons. The van der Waals surface area contributed by atoms with Crippen LogP contribution in [0.1, 0.15) is 88.8 Å². The zero-order chi connectivity index (χ0) is 72.4. The Hall–Kier alpha value is -9.89. The summed E-state index contributed by atoms with van der Waals surface area (Å²) in [5.41, 5.74) is 15.0. The number of benzene rings is 5. The summed E-state index contributed by atoms with van der Waals surface area (Å²) in [6.45, 7) is 2.72. The lowest BCUT2D eigenvalue weighted by molar-refractivity contribution is -0.916. The van der Waals surface area contributed by atoms with Crippen molar-refractivity contribution >= 4 is 51.8 Å². The second-order valence-electron chi connectivity index (χ2n) is 25.7. The summed E-state index contributed by atoms with van der Waals surface area (Å²) in [4.78, 5) is 57.6. The maximum absolute atomic E-state index is 14.2. The maximum Gasteiger partial charge on any atom is 0.501 e. The topological polar surface area (TPSA) is 374 Å². The average molecular weight is 1440 g/mol. The Kier molecular flexibility index (Phi) is 23.1. The van der Waals surface area contributed by atoms with Crippen molar-refractivity contribution in [2.75, 3.05) is 81.1 Å². The summed E-state index contributed by atoms with van der Waals surface area (Å²) in [5.74, 6) is 1.12. The zero-order valence-corrected chi connectivity index (χ0v) is 57.8. The predicted octanol–water partition coefficient (Wildman–Crippen LogP) is 7.59. The molecule has 0 spiro atoms. The van der Waals surface area contributed by atoms with Crippen LogP contribution in [0.25, 0.3) is 10.4 Å². The number of furan rings is 2. The first-order chi connectivity index (χ1) is 49.8. The van der Waals surface area contributed by atoms with Gasteiger partial charge < -0.3 is 94.5 Å². The number of methoxy groups -OCH3 is 2. The summed E-state index contributed by atoms with van der Waals surface area (Å²) in [5, 5.41) is 44.9. The van der Waals surface area contributed by atoms with Crippen LogP contribution < -0.4 is 32.1 Å². The summed E-state index contributed by atoms with van der Waals surface area (Å²) < 4.78 is 103. The van der Waals surface area contributed by atoms with Crippen LogP contribution in [-0.4, -0.2) is 197 Å². The third-order valence-corrected chi connectivity index (χ3v) is 18.7. The first-order valence-electron chi connectivity index (χ1n) is 33.3. The number of aliphatic hydroxyl groups is 4. The fourth-order valence-electron chi connectivity index (χ4n) is 12.8. The summed E-state index contributed by atoms with van der Waals surface area (Å²) in [6, 6.07) is 25.8. The van der Waals surface area contributed by atoms with Gasteiger partial charge in [0.05, 0.1) is 128 Å². The fourth-order valence-corrected chi connectivity index (χ4v) is 13.5. The Labute approximate surface area is 592 Å². The fraction of sp³-hybridized carbons (Fsp3) is 0.403. The Morgan fingerprint density at radius 2 is 1.19 bits per heavy atom. The van der Waals surface area contributed by atoms with Gasteiger partial charge in [0.2, 0.25) is 6.29 Å². The van der Waals surface area contributed by atoms with Gasteiger partial charge in [-0.2, -0.15) is 0 Å². The lowest BCUT2D eigenvalue weighted by Crippen LogP contribution is -2.60. The van der Waals surface area contributed by atoms with E-state index in [2.05, 4.69) is 10.0 Å². The van der Waals surface area contributed by atoms with Crippen molar-refractivity contribution < 1.29 is 108 Å². The number of rotatable bonds is 33. The minimum Gasteiger partial charge on any atom is -0.493 e. The zero-order valence-electron chi connectivity index (χ0n) is 56.9. The third kappa shape index (κ3) is 17.6. The second kappa shape index (κ2) is 32.6. The third-order valence-electron chi connectivity index (χ3n) is 17.9. The predicted molar refractivity (Wildman–Crippen MR) is 367 cm³/mol. The van der Waals surface area contributed by atoms with Crippen LogP contribution in [0.3, 0.4) is 0 Å². The molecule has 0 bridgehead atoms. The largest absolute Gasteiger partial charge is 0.501 e. The molecule has 7 aromatic rings. The van der Waals surface area contributed by atoms with Gasteiger partial charge in [-0.15, -0.1) is 8.42 Å². The molecule has 2 aromatic heterocycles. The number of fused-ring (bicyclic) bond motifs is 6. The normalized spacial score (nSPS) is 19.7. The number of carbonyl (C=O) groups excluding carboxylic acids is 3. The Bertz CT molecular complexity index is 4280. The van der Waals surface area contributed by atoms with E-state index in [1.807, 2.05) is 44.4 Å². The molecule has 1 unspecified atom stereocenters. The van der Waals surface area contributed by atoms with Gasteiger partial charge in [-0.3, -0.25) is 24.4 Å². The Morgan fingerprint density at radius 1 is 0.641 bits per heavy atom. The molecular weight excluding hydrogens is 1360 g/mol. The standard InChI is InChI=1S/C72H79N8O22S/c1-80(2,38-43-7-10-52(11-8-43)101-103(88,89)102-65-27-47(9-12-58(65)99-72-69(85)68(84)67(83)66(40-81)100-72)57(82)6-5-16-92-20-22-94-23-21-93-19-15-76-77-73)39-44-24-45(41-97-63-32-55-53(30-61(63)90-3)70(86)78-36-48-13-17-95-59(48)28-50(78)34-74-55)26-46(25-44)42-98-64-33-56-54(31-62(64)91-4)71(87)79-37-49-14-18-96-60(49)29-51(79)35-75-56/h7-14,17-18,24-27,30-35,50-51,66-69,72,81,83-85H,5-6,15-16,19-23,28-29,36-42H2,1-4H3/q+1/t50-,51-,66+,67-,68-,69+,72?/m0/s1. The molecular formula is C72H79N8O22S+. The number of aliphatic hydroxyl groups excluding tert-OH is 4. The monoisotopic (exact) mass is 1440 g/mol. The highest BCUT2D eigenvalue weighted by Gasteiger charge is 2.45. The van der Waals surface area contributed by atoms with E-state index >= 15 is 0 Å². The van der Waals surface area contributed by atoms with Crippen molar-refractivity contribution in [2.24, 2.45) is 15.1 Å². The molecule has 0 aliphatic carbocycles. The molecule has 31 heteroatoms. The lowest BCUT2D eigenvalue weighted by atomic mass is 9.99. The van der Waals surface area contributed by atoms with Gasteiger partial charge in [0, 0.05) is 89.7 Å². The van der Waals surface area contributed by atoms with Crippen LogP contribution in [0.2, 0.25) is 0 Å². The molecule has 12 rings (SSSR count). The molecule has 5 aliphatic heterocycles. The summed E-state index contributed by atoms with van der Waals surface area (Å²) in [7, 11) is 2.03. The number of aliphatic imine (C=N–C) groups is 2. The smallest absolute Gasteiger partial charge is 0.493 e. The minimum absolute atomic E-state index is 0.00943. The number of nitrogens with zero attached hydrogens (tertiary/aromatic N) is 8. The number of azide groups is 1. The number of ketones is 1. The van der Waals surface area contributed by atoms with Crippen LogP contribution in [0.5, 0.6) is 40.2 Å². The molecule has 2 amide bonds. The van der Waals surface area contributed by atoms with Crippen LogP contribution in [0, 0.1) is 0 Å². The van der Waals surface area contributed by atoms with E-state index in [0.29, 0.717) is 102 Å².